The molecule has 28 heavy (non-hydrogen) atoms. The highest BCUT2D eigenvalue weighted by Gasteiger charge is 2.13. The summed E-state index contributed by atoms with van der Waals surface area (Å²) in [5.41, 5.74) is 4.80. The lowest BCUT2D eigenvalue weighted by Crippen LogP contribution is -2.39. The van der Waals surface area contributed by atoms with E-state index in [-0.39, 0.29) is 12.5 Å². The summed E-state index contributed by atoms with van der Waals surface area (Å²) in [6.45, 7) is 7.17. The topological polar surface area (TPSA) is 88.7 Å². The van der Waals surface area contributed by atoms with Gasteiger partial charge in [-0.1, -0.05) is 23.8 Å². The molecule has 0 aliphatic carbocycles. The fourth-order valence-corrected chi connectivity index (χ4v) is 3.16. The van der Waals surface area contributed by atoms with Crippen LogP contribution >= 0.6 is 0 Å². The van der Waals surface area contributed by atoms with Gasteiger partial charge in [0.2, 0.25) is 5.91 Å². The minimum absolute atomic E-state index is 0.111. The van der Waals surface area contributed by atoms with E-state index in [0.717, 1.165) is 27.9 Å². The fraction of sp³-hybridized carbons (Fsp3) is 0.333. The van der Waals surface area contributed by atoms with E-state index in [1.807, 2.05) is 51.1 Å². The maximum absolute atomic E-state index is 12.2. The van der Waals surface area contributed by atoms with Gasteiger partial charge in [0, 0.05) is 12.2 Å². The number of nitrogens with one attached hydrogen (secondary N) is 3. The zero-order valence-electron chi connectivity index (χ0n) is 16.3. The lowest BCUT2D eigenvalue weighted by atomic mass is 10.1. The van der Waals surface area contributed by atoms with E-state index in [1.165, 1.54) is 0 Å². The van der Waals surface area contributed by atoms with Crippen molar-refractivity contribution in [3.63, 3.8) is 0 Å². The Morgan fingerprint density at radius 2 is 1.61 bits per heavy atom. The minimum Gasteiger partial charge on any atom is -0.486 e. The van der Waals surface area contributed by atoms with E-state index in [1.54, 1.807) is 0 Å². The highest BCUT2D eigenvalue weighted by atomic mass is 16.6. The summed E-state index contributed by atoms with van der Waals surface area (Å²) in [4.78, 5) is 24.1. The summed E-state index contributed by atoms with van der Waals surface area (Å²) in [7, 11) is 0. The van der Waals surface area contributed by atoms with Gasteiger partial charge in [-0.05, 0) is 49.6 Å². The van der Waals surface area contributed by atoms with Crippen molar-refractivity contribution >= 4 is 17.6 Å². The molecule has 0 unspecified atom stereocenters. The molecule has 0 bridgehead atoms. The number of urea groups is 1. The highest BCUT2D eigenvalue weighted by molar-refractivity contribution is 5.95. The van der Waals surface area contributed by atoms with Crippen LogP contribution in [0.3, 0.4) is 0 Å². The summed E-state index contributed by atoms with van der Waals surface area (Å²) in [6, 6.07) is 9.13. The third-order valence-electron chi connectivity index (χ3n) is 4.41. The van der Waals surface area contributed by atoms with E-state index < -0.39 is 6.03 Å². The van der Waals surface area contributed by atoms with Gasteiger partial charge in [-0.2, -0.15) is 0 Å². The Bertz CT molecular complexity index is 872. The Morgan fingerprint density at radius 3 is 2.32 bits per heavy atom. The van der Waals surface area contributed by atoms with Gasteiger partial charge in [-0.25, -0.2) is 4.79 Å². The number of rotatable bonds is 5. The molecule has 7 nitrogen and oxygen atoms in total. The van der Waals surface area contributed by atoms with Gasteiger partial charge in [-0.3, -0.25) is 4.79 Å². The number of benzene rings is 2. The van der Waals surface area contributed by atoms with E-state index in [2.05, 4.69) is 16.0 Å². The maximum atomic E-state index is 12.2. The van der Waals surface area contributed by atoms with E-state index >= 15 is 0 Å². The van der Waals surface area contributed by atoms with Gasteiger partial charge in [0.05, 0.1) is 6.54 Å². The monoisotopic (exact) mass is 383 g/mol. The molecule has 148 valence electrons. The lowest BCUT2D eigenvalue weighted by Gasteiger charge is -2.19. The van der Waals surface area contributed by atoms with Crippen molar-refractivity contribution in [2.75, 3.05) is 25.1 Å². The number of fused-ring (bicyclic) bond motifs is 1. The normalized spacial score (nSPS) is 12.2. The molecule has 0 spiro atoms. The molecule has 0 saturated carbocycles. The number of anilines is 1. The zero-order chi connectivity index (χ0) is 20.1. The van der Waals surface area contributed by atoms with Crippen LogP contribution in [0.2, 0.25) is 0 Å². The first-order valence-electron chi connectivity index (χ1n) is 9.20. The molecule has 0 radical (unpaired) electrons. The molecule has 1 aliphatic heterocycles. The fourth-order valence-electron chi connectivity index (χ4n) is 3.16. The van der Waals surface area contributed by atoms with Gasteiger partial charge >= 0.3 is 6.03 Å². The van der Waals surface area contributed by atoms with Gasteiger partial charge in [0.25, 0.3) is 0 Å². The van der Waals surface area contributed by atoms with Crippen LogP contribution in [0.15, 0.2) is 30.3 Å². The Kier molecular flexibility index (Phi) is 6.03. The highest BCUT2D eigenvalue weighted by Crippen LogP contribution is 2.30. The van der Waals surface area contributed by atoms with E-state index in [4.69, 9.17) is 9.47 Å². The minimum atomic E-state index is -0.414. The van der Waals surface area contributed by atoms with Crippen LogP contribution in [-0.2, 0) is 11.3 Å². The van der Waals surface area contributed by atoms with Crippen LogP contribution in [0.25, 0.3) is 0 Å². The average molecular weight is 383 g/mol. The molecule has 7 heteroatoms. The number of ether oxygens (including phenoxy) is 2. The largest absolute Gasteiger partial charge is 0.486 e. The van der Waals surface area contributed by atoms with Crippen LogP contribution in [0.4, 0.5) is 10.5 Å². The van der Waals surface area contributed by atoms with Gasteiger partial charge in [0.1, 0.15) is 13.2 Å². The number of carbonyl (C=O) groups excluding carboxylic acids is 2. The summed E-state index contributed by atoms with van der Waals surface area (Å²) >= 11 is 0. The molecule has 1 heterocycles. The van der Waals surface area contributed by atoms with Crippen LogP contribution < -0.4 is 25.4 Å². The van der Waals surface area contributed by atoms with E-state index in [9.17, 15) is 9.59 Å². The van der Waals surface area contributed by atoms with Crippen molar-refractivity contribution in [2.45, 2.75) is 27.3 Å². The Balaban J connectivity index is 1.46. The zero-order valence-corrected chi connectivity index (χ0v) is 16.3. The first-order valence-corrected chi connectivity index (χ1v) is 9.20. The number of hydrogen-bond donors (Lipinski definition) is 3. The van der Waals surface area contributed by atoms with Crippen LogP contribution in [-0.4, -0.2) is 31.7 Å². The molecule has 1 aliphatic rings. The molecule has 0 saturated heterocycles. The van der Waals surface area contributed by atoms with Crippen molar-refractivity contribution in [3.8, 4) is 11.5 Å². The predicted octanol–water partition coefficient (Wildman–Crippen LogP) is 2.82. The molecule has 3 amide bonds. The lowest BCUT2D eigenvalue weighted by molar-refractivity contribution is -0.115. The van der Waals surface area contributed by atoms with Crippen molar-refractivity contribution in [1.29, 1.82) is 0 Å². The number of amides is 3. The van der Waals surface area contributed by atoms with Gasteiger partial charge in [0.15, 0.2) is 11.5 Å². The second-order valence-electron chi connectivity index (χ2n) is 6.84. The molecule has 0 atom stereocenters. The van der Waals surface area contributed by atoms with Crippen LogP contribution in [0.5, 0.6) is 11.5 Å². The Hall–Kier alpha value is -3.22. The molecule has 3 rings (SSSR count). The Morgan fingerprint density at radius 1 is 0.929 bits per heavy atom. The molecule has 2 aromatic rings. The quantitative estimate of drug-likeness (QED) is 0.741. The smallest absolute Gasteiger partial charge is 0.315 e. The standard InChI is InChI=1S/C21H25N3O4/c1-13-8-14(2)20(15(3)9-13)24-19(25)12-23-21(26)22-11-16-4-5-17-18(10-16)28-7-6-27-17/h4-5,8-10H,6-7,11-12H2,1-3H3,(H,24,25)(H2,22,23,26). The third kappa shape index (κ3) is 4.94. The second-order valence-corrected chi connectivity index (χ2v) is 6.84. The molecule has 3 N–H and O–H groups in total. The van der Waals surface area contributed by atoms with Crippen molar-refractivity contribution in [1.82, 2.24) is 10.6 Å². The van der Waals surface area contributed by atoms with Crippen LogP contribution in [0.1, 0.15) is 22.3 Å². The van der Waals surface area contributed by atoms with Crippen molar-refractivity contribution in [2.24, 2.45) is 0 Å². The maximum Gasteiger partial charge on any atom is 0.315 e. The SMILES string of the molecule is Cc1cc(C)c(NC(=O)CNC(=O)NCc2ccc3c(c2)OCCO3)c(C)c1. The van der Waals surface area contributed by atoms with Gasteiger partial charge in [-0.15, -0.1) is 0 Å². The summed E-state index contributed by atoms with van der Waals surface area (Å²) in [6.07, 6.45) is 0. The van der Waals surface area contributed by atoms with Crippen molar-refractivity contribution < 1.29 is 19.1 Å². The first-order chi connectivity index (χ1) is 13.4. The predicted molar refractivity (Wildman–Crippen MR) is 107 cm³/mol. The summed E-state index contributed by atoms with van der Waals surface area (Å²) in [5, 5.41) is 8.15. The number of carbonyl (C=O) groups is 2. The number of hydrogen-bond acceptors (Lipinski definition) is 4. The first kappa shape index (κ1) is 19.5. The second kappa shape index (κ2) is 8.65. The molecular weight excluding hydrogens is 358 g/mol. The number of aryl methyl sites for hydroxylation is 3. The average Bonchev–Trinajstić information content (AvgIpc) is 2.67. The Labute approximate surface area is 164 Å². The molecular formula is C21H25N3O4. The summed E-state index contributed by atoms with van der Waals surface area (Å²) in [5.74, 6) is 1.11. The third-order valence-corrected chi connectivity index (χ3v) is 4.41. The van der Waals surface area contributed by atoms with Crippen LogP contribution in [0, 0.1) is 20.8 Å². The molecule has 0 aromatic heterocycles. The summed E-state index contributed by atoms with van der Waals surface area (Å²) < 4.78 is 11.0. The molecule has 0 fully saturated rings. The van der Waals surface area contributed by atoms with E-state index in [0.29, 0.717) is 31.3 Å². The van der Waals surface area contributed by atoms with Crippen molar-refractivity contribution in [3.05, 3.63) is 52.6 Å². The molecule has 2 aromatic carbocycles. The van der Waals surface area contributed by atoms with Gasteiger partial charge < -0.3 is 25.4 Å².